The highest BCUT2D eigenvalue weighted by atomic mass is 32.1. The minimum atomic E-state index is -2.40. The summed E-state index contributed by atoms with van der Waals surface area (Å²) < 4.78 is 25.7. The molecule has 0 spiro atoms. The maximum Gasteiger partial charge on any atom is 0.272 e. The van der Waals surface area contributed by atoms with Gasteiger partial charge < -0.3 is 5.73 Å². The highest BCUT2D eigenvalue weighted by Gasteiger charge is 2.12. The van der Waals surface area contributed by atoms with Crippen LogP contribution in [0.15, 0.2) is 18.2 Å². The van der Waals surface area contributed by atoms with Gasteiger partial charge in [0.1, 0.15) is 0 Å². The summed E-state index contributed by atoms with van der Waals surface area (Å²) in [5.41, 5.74) is 7.20. The van der Waals surface area contributed by atoms with Gasteiger partial charge in [0.2, 0.25) is 0 Å². The van der Waals surface area contributed by atoms with Crippen molar-refractivity contribution < 1.29 is 8.78 Å². The number of anilines is 1. The normalized spacial score (nSPS) is 11.4. The minimum Gasteiger partial charge on any atom is -0.399 e. The van der Waals surface area contributed by atoms with Crippen LogP contribution in [0, 0.1) is 6.92 Å². The standard InChI is InChI=1S/C10H9F2NS/c1-5-2-7(13)3-6-4-8(10(11)12)14-9(5)6/h2-4,10H,13H2,1H3. The lowest BCUT2D eigenvalue weighted by molar-refractivity contribution is 0.156. The van der Waals surface area contributed by atoms with Crippen LogP contribution in [-0.4, -0.2) is 0 Å². The lowest BCUT2D eigenvalue weighted by Gasteiger charge is -1.97. The van der Waals surface area contributed by atoms with E-state index in [9.17, 15) is 8.78 Å². The first-order valence-corrected chi connectivity index (χ1v) is 4.97. The summed E-state index contributed by atoms with van der Waals surface area (Å²) in [5.74, 6) is 0. The summed E-state index contributed by atoms with van der Waals surface area (Å²) in [7, 11) is 0. The number of benzene rings is 1. The van der Waals surface area contributed by atoms with Crippen molar-refractivity contribution in [1.29, 1.82) is 0 Å². The summed E-state index contributed by atoms with van der Waals surface area (Å²) in [6.07, 6.45) is -2.40. The quantitative estimate of drug-likeness (QED) is 0.717. The number of aryl methyl sites for hydroxylation is 1. The Hall–Kier alpha value is -1.16. The van der Waals surface area contributed by atoms with Gasteiger partial charge in [-0.2, -0.15) is 0 Å². The minimum absolute atomic E-state index is 0.105. The summed E-state index contributed by atoms with van der Waals surface area (Å²) in [6, 6.07) is 5.03. The Balaban J connectivity index is 2.70. The molecule has 0 radical (unpaired) electrons. The van der Waals surface area contributed by atoms with Crippen molar-refractivity contribution in [2.75, 3.05) is 5.73 Å². The highest BCUT2D eigenvalue weighted by molar-refractivity contribution is 7.19. The molecule has 1 heterocycles. The Morgan fingerprint density at radius 1 is 1.29 bits per heavy atom. The number of nitrogens with two attached hydrogens (primary N) is 1. The zero-order chi connectivity index (χ0) is 10.3. The molecule has 0 aliphatic carbocycles. The average Bonchev–Trinajstić information content (AvgIpc) is 2.47. The van der Waals surface area contributed by atoms with Gasteiger partial charge in [0.25, 0.3) is 6.43 Å². The van der Waals surface area contributed by atoms with Crippen LogP contribution in [0.25, 0.3) is 10.1 Å². The Morgan fingerprint density at radius 2 is 2.00 bits per heavy atom. The fourth-order valence-corrected chi connectivity index (χ4v) is 2.45. The second-order valence-electron chi connectivity index (χ2n) is 3.21. The Labute approximate surface area is 84.2 Å². The van der Waals surface area contributed by atoms with E-state index in [0.717, 1.165) is 27.0 Å². The number of fused-ring (bicyclic) bond motifs is 1. The van der Waals surface area contributed by atoms with Crippen molar-refractivity contribution >= 4 is 27.1 Å². The van der Waals surface area contributed by atoms with Crippen molar-refractivity contribution in [2.24, 2.45) is 0 Å². The van der Waals surface area contributed by atoms with Crippen LogP contribution in [0.3, 0.4) is 0 Å². The SMILES string of the molecule is Cc1cc(N)cc2cc(C(F)F)sc12. The van der Waals surface area contributed by atoms with Gasteiger partial charge in [-0.25, -0.2) is 8.78 Å². The number of nitrogen functional groups attached to an aromatic ring is 1. The zero-order valence-corrected chi connectivity index (χ0v) is 8.37. The lowest BCUT2D eigenvalue weighted by atomic mass is 10.1. The molecule has 0 bridgehead atoms. The smallest absolute Gasteiger partial charge is 0.272 e. The van der Waals surface area contributed by atoms with Crippen LogP contribution in [0.2, 0.25) is 0 Å². The van der Waals surface area contributed by atoms with Gasteiger partial charge in [-0.3, -0.25) is 0 Å². The molecule has 0 aliphatic rings. The molecular weight excluding hydrogens is 204 g/mol. The molecule has 0 aliphatic heterocycles. The number of hydrogen-bond acceptors (Lipinski definition) is 2. The monoisotopic (exact) mass is 213 g/mol. The number of halogens is 2. The Kier molecular flexibility index (Phi) is 2.15. The molecule has 2 N–H and O–H groups in total. The van der Waals surface area contributed by atoms with E-state index in [-0.39, 0.29) is 4.88 Å². The molecule has 0 atom stereocenters. The maximum atomic E-state index is 12.4. The van der Waals surface area contributed by atoms with Crippen molar-refractivity contribution in [3.63, 3.8) is 0 Å². The topological polar surface area (TPSA) is 26.0 Å². The number of alkyl halides is 2. The molecule has 2 rings (SSSR count). The third kappa shape index (κ3) is 1.46. The van der Waals surface area contributed by atoms with E-state index >= 15 is 0 Å². The largest absolute Gasteiger partial charge is 0.399 e. The number of thiophene rings is 1. The predicted octanol–water partition coefficient (Wildman–Crippen LogP) is 3.73. The predicted molar refractivity (Wildman–Crippen MR) is 55.9 cm³/mol. The van der Waals surface area contributed by atoms with Crippen molar-refractivity contribution in [1.82, 2.24) is 0 Å². The van der Waals surface area contributed by atoms with Crippen molar-refractivity contribution in [3.05, 3.63) is 28.6 Å². The van der Waals surface area contributed by atoms with E-state index in [4.69, 9.17) is 5.73 Å². The van der Waals surface area contributed by atoms with E-state index < -0.39 is 6.43 Å². The first kappa shape index (κ1) is 9.40. The Morgan fingerprint density at radius 3 is 2.64 bits per heavy atom. The second kappa shape index (κ2) is 3.20. The van der Waals surface area contributed by atoms with Gasteiger partial charge in [0.15, 0.2) is 0 Å². The van der Waals surface area contributed by atoms with E-state index in [1.807, 2.05) is 6.92 Å². The average molecular weight is 213 g/mol. The van der Waals surface area contributed by atoms with E-state index in [1.165, 1.54) is 6.07 Å². The molecule has 1 aromatic carbocycles. The Bertz CT molecular complexity index is 476. The molecule has 4 heteroatoms. The van der Waals surface area contributed by atoms with Crippen molar-refractivity contribution in [2.45, 2.75) is 13.3 Å². The molecule has 0 saturated carbocycles. The third-order valence-electron chi connectivity index (χ3n) is 2.06. The van der Waals surface area contributed by atoms with Crippen LogP contribution >= 0.6 is 11.3 Å². The van der Waals surface area contributed by atoms with E-state index in [0.29, 0.717) is 5.69 Å². The van der Waals surface area contributed by atoms with Gasteiger partial charge >= 0.3 is 0 Å². The zero-order valence-electron chi connectivity index (χ0n) is 7.55. The first-order chi connectivity index (χ1) is 6.58. The summed E-state index contributed by atoms with van der Waals surface area (Å²) in [6.45, 7) is 1.88. The van der Waals surface area contributed by atoms with E-state index in [2.05, 4.69) is 0 Å². The van der Waals surface area contributed by atoms with Crippen molar-refractivity contribution in [3.8, 4) is 0 Å². The second-order valence-corrected chi connectivity index (χ2v) is 4.29. The maximum absolute atomic E-state index is 12.4. The van der Waals surface area contributed by atoms with Gasteiger partial charge in [-0.05, 0) is 36.1 Å². The molecule has 0 unspecified atom stereocenters. The number of rotatable bonds is 1. The highest BCUT2D eigenvalue weighted by Crippen LogP contribution is 2.35. The van der Waals surface area contributed by atoms with Gasteiger partial charge in [-0.15, -0.1) is 11.3 Å². The lowest BCUT2D eigenvalue weighted by Crippen LogP contribution is -1.84. The summed E-state index contributed by atoms with van der Waals surface area (Å²) in [4.78, 5) is 0.105. The summed E-state index contributed by atoms with van der Waals surface area (Å²) >= 11 is 1.14. The summed E-state index contributed by atoms with van der Waals surface area (Å²) in [5, 5.41) is 0.808. The molecule has 74 valence electrons. The van der Waals surface area contributed by atoms with Crippen LogP contribution in [0.1, 0.15) is 16.9 Å². The molecule has 14 heavy (non-hydrogen) atoms. The molecule has 1 aromatic heterocycles. The fraction of sp³-hybridized carbons (Fsp3) is 0.200. The molecular formula is C10H9F2NS. The van der Waals surface area contributed by atoms with Crippen LogP contribution in [0.5, 0.6) is 0 Å². The molecule has 0 saturated heterocycles. The van der Waals surface area contributed by atoms with E-state index in [1.54, 1.807) is 12.1 Å². The molecule has 1 nitrogen and oxygen atoms in total. The fourth-order valence-electron chi connectivity index (χ4n) is 1.48. The van der Waals surface area contributed by atoms with Gasteiger partial charge in [-0.1, -0.05) is 0 Å². The van der Waals surface area contributed by atoms with Gasteiger partial charge in [0.05, 0.1) is 4.88 Å². The molecule has 0 fully saturated rings. The first-order valence-electron chi connectivity index (χ1n) is 4.15. The number of hydrogen-bond donors (Lipinski definition) is 1. The van der Waals surface area contributed by atoms with Gasteiger partial charge in [0, 0.05) is 10.4 Å². The van der Waals surface area contributed by atoms with Crippen LogP contribution < -0.4 is 5.73 Å². The van der Waals surface area contributed by atoms with Crippen LogP contribution in [-0.2, 0) is 0 Å². The molecule has 2 aromatic rings. The molecule has 0 amide bonds. The third-order valence-corrected chi connectivity index (χ3v) is 3.35. The van der Waals surface area contributed by atoms with Crippen LogP contribution in [0.4, 0.5) is 14.5 Å².